The summed E-state index contributed by atoms with van der Waals surface area (Å²) in [5, 5.41) is 36.5. The predicted molar refractivity (Wildman–Crippen MR) is 107 cm³/mol. The Morgan fingerprint density at radius 2 is 2.11 bits per heavy atom. The van der Waals surface area contributed by atoms with E-state index >= 15 is 0 Å². The fraction of sp³-hybridized carbons (Fsp3) is 0.389. The van der Waals surface area contributed by atoms with Gasteiger partial charge in [-0.3, -0.25) is 10.1 Å². The molecule has 146 valence electrons. The number of aliphatic hydroxyl groups is 1. The van der Waals surface area contributed by atoms with Crippen molar-refractivity contribution in [3.8, 4) is 6.07 Å². The third-order valence-electron chi connectivity index (χ3n) is 4.70. The van der Waals surface area contributed by atoms with Crippen molar-refractivity contribution in [1.29, 1.82) is 5.26 Å². The molecule has 0 aromatic carbocycles. The Kier molecular flexibility index (Phi) is 5.76. The van der Waals surface area contributed by atoms with Gasteiger partial charge in [-0.1, -0.05) is 0 Å². The van der Waals surface area contributed by atoms with Gasteiger partial charge in [-0.15, -0.1) is 0 Å². The number of nitriles is 1. The summed E-state index contributed by atoms with van der Waals surface area (Å²) >= 11 is 3.34. The van der Waals surface area contributed by atoms with Gasteiger partial charge < -0.3 is 15.7 Å². The lowest BCUT2D eigenvalue weighted by atomic mass is 9.84. The van der Waals surface area contributed by atoms with Crippen molar-refractivity contribution in [2.75, 3.05) is 10.6 Å². The summed E-state index contributed by atoms with van der Waals surface area (Å²) in [5.41, 5.74) is -0.457. The minimum absolute atomic E-state index is 0.0516. The molecule has 0 bridgehead atoms. The molecule has 0 atom stereocenters. The van der Waals surface area contributed by atoms with Crippen molar-refractivity contribution >= 4 is 39.1 Å². The second-order valence-corrected chi connectivity index (χ2v) is 7.88. The lowest BCUT2D eigenvalue weighted by Crippen LogP contribution is -2.36. The summed E-state index contributed by atoms with van der Waals surface area (Å²) < 4.78 is 0.481. The van der Waals surface area contributed by atoms with Crippen LogP contribution in [0.15, 0.2) is 28.9 Å². The maximum Gasteiger partial charge on any atom is 0.313 e. The summed E-state index contributed by atoms with van der Waals surface area (Å²) in [6, 6.07) is 6.59. The van der Waals surface area contributed by atoms with E-state index in [2.05, 4.69) is 36.5 Å². The van der Waals surface area contributed by atoms with Crippen LogP contribution in [0.25, 0.3) is 0 Å². The molecule has 0 aliphatic heterocycles. The first kappa shape index (κ1) is 20.0. The topological polar surface area (TPSA) is 137 Å². The van der Waals surface area contributed by atoms with Crippen LogP contribution in [0.2, 0.25) is 0 Å². The second kappa shape index (κ2) is 8.08. The minimum Gasteiger partial charge on any atom is -0.390 e. The molecule has 1 fully saturated rings. The van der Waals surface area contributed by atoms with Gasteiger partial charge >= 0.3 is 5.69 Å². The van der Waals surface area contributed by atoms with Crippen LogP contribution in [0.1, 0.15) is 38.2 Å². The highest BCUT2D eigenvalue weighted by molar-refractivity contribution is 9.10. The van der Waals surface area contributed by atoms with Gasteiger partial charge in [0.25, 0.3) is 0 Å². The van der Waals surface area contributed by atoms with Gasteiger partial charge in [0.1, 0.15) is 17.7 Å². The van der Waals surface area contributed by atoms with E-state index < -0.39 is 10.5 Å². The van der Waals surface area contributed by atoms with Gasteiger partial charge in [0, 0.05) is 18.3 Å². The van der Waals surface area contributed by atoms with E-state index in [1.807, 2.05) is 13.0 Å². The molecule has 28 heavy (non-hydrogen) atoms. The molecular formula is C18H19BrN6O3. The fourth-order valence-electron chi connectivity index (χ4n) is 3.04. The smallest absolute Gasteiger partial charge is 0.313 e. The zero-order valence-corrected chi connectivity index (χ0v) is 16.7. The van der Waals surface area contributed by atoms with Crippen molar-refractivity contribution in [2.24, 2.45) is 0 Å². The number of pyridine rings is 2. The van der Waals surface area contributed by atoms with E-state index in [1.165, 1.54) is 12.3 Å². The average Bonchev–Trinajstić information content (AvgIpc) is 2.66. The maximum atomic E-state index is 11.4. The molecule has 0 unspecified atom stereocenters. The summed E-state index contributed by atoms with van der Waals surface area (Å²) in [6.07, 6.45) is 4.28. The number of hydrogen-bond acceptors (Lipinski definition) is 8. The number of nitro groups is 1. The SMILES string of the molecule is C[C@]1(O)CC[C@@H](Nc2nc(Nc3ccc(C#N)cn3)c([N+](=O)[O-])cc2Br)CC1. The fourth-order valence-corrected chi connectivity index (χ4v) is 3.46. The molecule has 1 saturated carbocycles. The highest BCUT2D eigenvalue weighted by Crippen LogP contribution is 2.35. The Hall–Kier alpha value is -2.77. The van der Waals surface area contributed by atoms with Crippen LogP contribution >= 0.6 is 15.9 Å². The summed E-state index contributed by atoms with van der Waals surface area (Å²) in [4.78, 5) is 19.4. The monoisotopic (exact) mass is 446 g/mol. The van der Waals surface area contributed by atoms with Crippen LogP contribution in [0.3, 0.4) is 0 Å². The first-order valence-corrected chi connectivity index (χ1v) is 9.54. The van der Waals surface area contributed by atoms with Crippen molar-refractivity contribution in [2.45, 2.75) is 44.2 Å². The minimum atomic E-state index is -0.647. The maximum absolute atomic E-state index is 11.4. The second-order valence-electron chi connectivity index (χ2n) is 7.03. The number of aromatic nitrogens is 2. The average molecular weight is 447 g/mol. The molecule has 9 nitrogen and oxygen atoms in total. The highest BCUT2D eigenvalue weighted by atomic mass is 79.9. The molecule has 1 aliphatic carbocycles. The van der Waals surface area contributed by atoms with Crippen LogP contribution in [0.4, 0.5) is 23.1 Å². The number of rotatable bonds is 5. The Bertz CT molecular complexity index is 916. The number of hydrogen-bond donors (Lipinski definition) is 3. The molecule has 2 aromatic heterocycles. The van der Waals surface area contributed by atoms with Gasteiger partial charge in [-0.2, -0.15) is 5.26 Å². The number of nitrogens with zero attached hydrogens (tertiary/aromatic N) is 4. The lowest BCUT2D eigenvalue weighted by molar-refractivity contribution is -0.384. The lowest BCUT2D eigenvalue weighted by Gasteiger charge is -2.33. The van der Waals surface area contributed by atoms with Crippen molar-refractivity contribution in [3.05, 3.63) is 44.5 Å². The first-order valence-electron chi connectivity index (χ1n) is 8.74. The molecular weight excluding hydrogens is 428 g/mol. The number of nitrogens with one attached hydrogen (secondary N) is 2. The standard InChI is InChI=1S/C18H19BrN6O3/c1-18(26)6-4-12(5-7-18)22-16-13(19)8-14(25(27)28)17(24-16)23-15-3-2-11(9-20)10-21-15/h2-3,8,10,12,26H,4-7H2,1H3,(H2,21,22,23,24)/t12-,18+. The van der Waals surface area contributed by atoms with E-state index in [1.54, 1.807) is 12.1 Å². The van der Waals surface area contributed by atoms with Gasteiger partial charge in [-0.05, 0) is 60.7 Å². The van der Waals surface area contributed by atoms with Crippen molar-refractivity contribution in [1.82, 2.24) is 9.97 Å². The molecule has 0 radical (unpaired) electrons. The molecule has 3 N–H and O–H groups in total. The van der Waals surface area contributed by atoms with E-state index in [0.717, 1.165) is 12.8 Å². The van der Waals surface area contributed by atoms with Gasteiger partial charge in [0.2, 0.25) is 5.82 Å². The zero-order chi connectivity index (χ0) is 20.3. The molecule has 2 aromatic rings. The molecule has 2 heterocycles. The van der Waals surface area contributed by atoms with Crippen LogP contribution in [0, 0.1) is 21.4 Å². The highest BCUT2D eigenvalue weighted by Gasteiger charge is 2.29. The quantitative estimate of drug-likeness (QED) is 0.464. The van der Waals surface area contributed by atoms with E-state index in [-0.39, 0.29) is 17.5 Å². The molecule has 0 amide bonds. The third kappa shape index (κ3) is 4.74. The van der Waals surface area contributed by atoms with Crippen LogP contribution in [0.5, 0.6) is 0 Å². The van der Waals surface area contributed by atoms with Gasteiger partial charge in [-0.25, -0.2) is 9.97 Å². The zero-order valence-electron chi connectivity index (χ0n) is 15.1. The van der Waals surface area contributed by atoms with E-state index in [4.69, 9.17) is 5.26 Å². The third-order valence-corrected chi connectivity index (χ3v) is 5.30. The van der Waals surface area contributed by atoms with Crippen molar-refractivity contribution in [3.63, 3.8) is 0 Å². The van der Waals surface area contributed by atoms with Gasteiger partial charge in [0.05, 0.1) is 20.6 Å². The van der Waals surface area contributed by atoms with Gasteiger partial charge in [0.15, 0.2) is 0 Å². The first-order chi connectivity index (χ1) is 13.3. The Labute approximate surface area is 170 Å². The summed E-state index contributed by atoms with van der Waals surface area (Å²) in [5.74, 6) is 0.876. The van der Waals surface area contributed by atoms with E-state index in [0.29, 0.717) is 34.5 Å². The molecule has 1 aliphatic rings. The predicted octanol–water partition coefficient (Wildman–Crippen LogP) is 3.87. The van der Waals surface area contributed by atoms with Crippen LogP contribution < -0.4 is 10.6 Å². The molecule has 10 heteroatoms. The summed E-state index contributed by atoms with van der Waals surface area (Å²) in [7, 11) is 0. The van der Waals surface area contributed by atoms with Crippen LogP contribution in [-0.2, 0) is 0 Å². The largest absolute Gasteiger partial charge is 0.390 e. The Morgan fingerprint density at radius 3 is 2.68 bits per heavy atom. The molecule has 0 spiro atoms. The molecule has 0 saturated heterocycles. The number of halogens is 1. The summed E-state index contributed by atoms with van der Waals surface area (Å²) in [6.45, 7) is 1.83. The Balaban J connectivity index is 1.84. The normalized spacial score (nSPS) is 21.6. The van der Waals surface area contributed by atoms with E-state index in [9.17, 15) is 15.2 Å². The number of anilines is 3. The van der Waals surface area contributed by atoms with Crippen LogP contribution in [-0.4, -0.2) is 31.6 Å². The molecule has 3 rings (SSSR count). The van der Waals surface area contributed by atoms with Crippen molar-refractivity contribution < 1.29 is 10.0 Å². The Morgan fingerprint density at radius 1 is 1.39 bits per heavy atom.